The van der Waals surface area contributed by atoms with Crippen LogP contribution in [0.3, 0.4) is 0 Å². The van der Waals surface area contributed by atoms with Crippen molar-refractivity contribution in [1.29, 1.82) is 0 Å². The average Bonchev–Trinajstić information content (AvgIpc) is 2.80. The Morgan fingerprint density at radius 1 is 1.50 bits per heavy atom. The number of thioether (sulfide) groups is 1. The standard InChI is InChI=1S/C11H20N4S/c1-2-14-9-13-8-11(14)10(7-12)15-3-5-16-6-4-15/h8-10H,2-7,12H2,1H3. The van der Waals surface area contributed by atoms with Crippen LogP contribution in [0.5, 0.6) is 0 Å². The zero-order chi connectivity index (χ0) is 11.4. The number of rotatable bonds is 4. The predicted octanol–water partition coefficient (Wildman–Crippen LogP) is 0.952. The second-order valence-electron chi connectivity index (χ2n) is 4.00. The summed E-state index contributed by atoms with van der Waals surface area (Å²) in [7, 11) is 0. The first kappa shape index (κ1) is 12.0. The molecule has 0 spiro atoms. The topological polar surface area (TPSA) is 47.1 Å². The third-order valence-electron chi connectivity index (χ3n) is 3.14. The normalized spacial score (nSPS) is 19.9. The molecule has 0 amide bonds. The predicted molar refractivity (Wildman–Crippen MR) is 68.6 cm³/mol. The van der Waals surface area contributed by atoms with Gasteiger partial charge in [0.2, 0.25) is 0 Å². The van der Waals surface area contributed by atoms with Crippen LogP contribution in [-0.4, -0.2) is 45.6 Å². The van der Waals surface area contributed by atoms with E-state index in [-0.39, 0.29) is 0 Å². The highest BCUT2D eigenvalue weighted by atomic mass is 32.2. The zero-order valence-electron chi connectivity index (χ0n) is 9.80. The second kappa shape index (κ2) is 5.70. The van der Waals surface area contributed by atoms with Gasteiger partial charge in [0.05, 0.1) is 18.1 Å². The van der Waals surface area contributed by atoms with Gasteiger partial charge in [0.25, 0.3) is 0 Å². The monoisotopic (exact) mass is 240 g/mol. The van der Waals surface area contributed by atoms with E-state index in [4.69, 9.17) is 5.73 Å². The molecule has 1 unspecified atom stereocenters. The van der Waals surface area contributed by atoms with Crippen LogP contribution in [-0.2, 0) is 6.54 Å². The molecule has 1 saturated heterocycles. The fraction of sp³-hybridized carbons (Fsp3) is 0.727. The summed E-state index contributed by atoms with van der Waals surface area (Å²) in [6, 6.07) is 0.336. The Labute approximate surface area is 101 Å². The molecule has 0 radical (unpaired) electrons. The van der Waals surface area contributed by atoms with Crippen molar-refractivity contribution in [2.75, 3.05) is 31.1 Å². The lowest BCUT2D eigenvalue weighted by Gasteiger charge is -2.33. The molecule has 1 aliphatic heterocycles. The number of nitrogens with zero attached hydrogens (tertiary/aromatic N) is 3. The molecule has 4 nitrogen and oxygen atoms in total. The zero-order valence-corrected chi connectivity index (χ0v) is 10.6. The molecule has 2 rings (SSSR count). The molecule has 1 atom stereocenters. The Balaban J connectivity index is 2.14. The Morgan fingerprint density at radius 3 is 2.88 bits per heavy atom. The maximum Gasteiger partial charge on any atom is 0.0948 e. The fourth-order valence-corrected chi connectivity index (χ4v) is 3.15. The van der Waals surface area contributed by atoms with Gasteiger partial charge in [-0.2, -0.15) is 11.8 Å². The molecule has 5 heteroatoms. The lowest BCUT2D eigenvalue weighted by Crippen LogP contribution is -2.40. The SMILES string of the molecule is CCn1cncc1C(CN)N1CCSCC1. The number of hydrogen-bond acceptors (Lipinski definition) is 4. The maximum absolute atomic E-state index is 5.93. The first-order chi connectivity index (χ1) is 7.86. The minimum atomic E-state index is 0.336. The lowest BCUT2D eigenvalue weighted by molar-refractivity contribution is 0.215. The van der Waals surface area contributed by atoms with Crippen molar-refractivity contribution < 1.29 is 0 Å². The highest BCUT2D eigenvalue weighted by Crippen LogP contribution is 2.23. The van der Waals surface area contributed by atoms with Gasteiger partial charge in [0.1, 0.15) is 0 Å². The van der Waals surface area contributed by atoms with Gasteiger partial charge in [-0.15, -0.1) is 0 Å². The highest BCUT2D eigenvalue weighted by molar-refractivity contribution is 7.99. The molecule has 1 aromatic rings. The van der Waals surface area contributed by atoms with Gasteiger partial charge in [-0.25, -0.2) is 4.98 Å². The maximum atomic E-state index is 5.93. The van der Waals surface area contributed by atoms with Crippen LogP contribution in [0, 0.1) is 0 Å². The Hall–Kier alpha value is -0.520. The van der Waals surface area contributed by atoms with Gasteiger partial charge in [-0.3, -0.25) is 4.90 Å². The van der Waals surface area contributed by atoms with Crippen LogP contribution >= 0.6 is 11.8 Å². The van der Waals surface area contributed by atoms with Crippen LogP contribution in [0.15, 0.2) is 12.5 Å². The second-order valence-corrected chi connectivity index (χ2v) is 5.23. The van der Waals surface area contributed by atoms with Crippen molar-refractivity contribution in [3.8, 4) is 0 Å². The van der Waals surface area contributed by atoms with E-state index in [9.17, 15) is 0 Å². The minimum Gasteiger partial charge on any atom is -0.333 e. The number of aryl methyl sites for hydroxylation is 1. The van der Waals surface area contributed by atoms with E-state index in [1.807, 2.05) is 24.3 Å². The molecule has 90 valence electrons. The Morgan fingerprint density at radius 2 is 2.25 bits per heavy atom. The van der Waals surface area contributed by atoms with E-state index in [1.54, 1.807) is 0 Å². The molecule has 0 saturated carbocycles. The molecule has 1 aromatic heterocycles. The molecule has 1 aliphatic rings. The molecule has 0 aromatic carbocycles. The van der Waals surface area contributed by atoms with Crippen LogP contribution in [0.25, 0.3) is 0 Å². The van der Waals surface area contributed by atoms with Crippen molar-refractivity contribution in [3.63, 3.8) is 0 Å². The fourth-order valence-electron chi connectivity index (χ4n) is 2.22. The van der Waals surface area contributed by atoms with E-state index >= 15 is 0 Å². The van der Waals surface area contributed by atoms with E-state index in [2.05, 4.69) is 21.4 Å². The van der Waals surface area contributed by atoms with Crippen molar-refractivity contribution >= 4 is 11.8 Å². The summed E-state index contributed by atoms with van der Waals surface area (Å²) in [4.78, 5) is 6.72. The quantitative estimate of drug-likeness (QED) is 0.851. The summed E-state index contributed by atoms with van der Waals surface area (Å²) in [6.07, 6.45) is 3.86. The van der Waals surface area contributed by atoms with Crippen LogP contribution in [0.1, 0.15) is 18.7 Å². The smallest absolute Gasteiger partial charge is 0.0948 e. The van der Waals surface area contributed by atoms with E-state index in [0.29, 0.717) is 12.6 Å². The van der Waals surface area contributed by atoms with Crippen molar-refractivity contribution in [2.24, 2.45) is 5.73 Å². The van der Waals surface area contributed by atoms with Crippen molar-refractivity contribution in [3.05, 3.63) is 18.2 Å². The third-order valence-corrected chi connectivity index (χ3v) is 4.08. The molecule has 0 bridgehead atoms. The molecule has 0 aliphatic carbocycles. The van der Waals surface area contributed by atoms with Crippen LogP contribution < -0.4 is 5.73 Å². The largest absolute Gasteiger partial charge is 0.333 e. The lowest BCUT2D eigenvalue weighted by atomic mass is 10.2. The van der Waals surface area contributed by atoms with Gasteiger partial charge in [0, 0.05) is 43.9 Å². The Kier molecular flexibility index (Phi) is 4.26. The summed E-state index contributed by atoms with van der Waals surface area (Å²) >= 11 is 2.03. The van der Waals surface area contributed by atoms with E-state index in [1.165, 1.54) is 17.2 Å². The molecular formula is C11H20N4S. The number of hydrogen-bond donors (Lipinski definition) is 1. The molecule has 1 fully saturated rings. The van der Waals surface area contributed by atoms with E-state index < -0.39 is 0 Å². The Bertz CT molecular complexity index is 320. The first-order valence-electron chi connectivity index (χ1n) is 5.88. The summed E-state index contributed by atoms with van der Waals surface area (Å²) in [5.74, 6) is 2.44. The number of imidazole rings is 1. The van der Waals surface area contributed by atoms with Crippen LogP contribution in [0.2, 0.25) is 0 Å². The third kappa shape index (κ3) is 2.42. The summed E-state index contributed by atoms with van der Waals surface area (Å²) in [5, 5.41) is 0. The summed E-state index contributed by atoms with van der Waals surface area (Å²) in [5.41, 5.74) is 7.19. The highest BCUT2D eigenvalue weighted by Gasteiger charge is 2.23. The van der Waals surface area contributed by atoms with Gasteiger partial charge < -0.3 is 10.3 Å². The molecular weight excluding hydrogens is 220 g/mol. The van der Waals surface area contributed by atoms with Gasteiger partial charge in [-0.1, -0.05) is 0 Å². The summed E-state index contributed by atoms with van der Waals surface area (Å²) < 4.78 is 2.19. The van der Waals surface area contributed by atoms with Gasteiger partial charge in [0.15, 0.2) is 0 Å². The van der Waals surface area contributed by atoms with Gasteiger partial charge >= 0.3 is 0 Å². The van der Waals surface area contributed by atoms with Crippen molar-refractivity contribution in [1.82, 2.24) is 14.5 Å². The van der Waals surface area contributed by atoms with Gasteiger partial charge in [-0.05, 0) is 6.92 Å². The molecule has 2 heterocycles. The average molecular weight is 240 g/mol. The number of nitrogens with two attached hydrogens (primary N) is 1. The summed E-state index contributed by atoms with van der Waals surface area (Å²) in [6.45, 7) is 6.07. The molecule has 16 heavy (non-hydrogen) atoms. The van der Waals surface area contributed by atoms with E-state index in [0.717, 1.165) is 19.6 Å². The van der Waals surface area contributed by atoms with Crippen LogP contribution in [0.4, 0.5) is 0 Å². The van der Waals surface area contributed by atoms with Crippen molar-refractivity contribution in [2.45, 2.75) is 19.5 Å². The molecule has 2 N–H and O–H groups in total. The minimum absolute atomic E-state index is 0.336. The first-order valence-corrected chi connectivity index (χ1v) is 7.04. The number of aromatic nitrogens is 2.